The summed E-state index contributed by atoms with van der Waals surface area (Å²) in [5, 5.41) is 17.1. The van der Waals surface area contributed by atoms with Gasteiger partial charge in [0.2, 0.25) is 5.91 Å². The summed E-state index contributed by atoms with van der Waals surface area (Å²) in [7, 11) is 0. The Hall–Kier alpha value is -3.98. The van der Waals surface area contributed by atoms with Crippen LogP contribution in [-0.4, -0.2) is 20.5 Å². The van der Waals surface area contributed by atoms with E-state index in [1.165, 1.54) is 0 Å². The first kappa shape index (κ1) is 21.3. The third-order valence-electron chi connectivity index (χ3n) is 5.36. The number of nitriles is 1. The highest BCUT2D eigenvalue weighted by Crippen LogP contribution is 2.28. The molecule has 0 spiro atoms. The summed E-state index contributed by atoms with van der Waals surface area (Å²) in [5.41, 5.74) is 5.83. The van der Waals surface area contributed by atoms with E-state index >= 15 is 0 Å². The van der Waals surface area contributed by atoms with Crippen LogP contribution in [0.3, 0.4) is 0 Å². The largest absolute Gasteiger partial charge is 0.325 e. The molecule has 32 heavy (non-hydrogen) atoms. The Morgan fingerprint density at radius 2 is 1.88 bits per heavy atom. The van der Waals surface area contributed by atoms with Gasteiger partial charge >= 0.3 is 0 Å². The molecule has 0 unspecified atom stereocenters. The summed E-state index contributed by atoms with van der Waals surface area (Å²) >= 11 is 0. The van der Waals surface area contributed by atoms with Gasteiger partial charge in [0.25, 0.3) is 0 Å². The normalized spacial score (nSPS) is 11.3. The highest BCUT2D eigenvalue weighted by Gasteiger charge is 2.22. The number of rotatable bonds is 4. The number of benzene rings is 2. The van der Waals surface area contributed by atoms with Crippen LogP contribution in [0.5, 0.6) is 0 Å². The smallest absolute Gasteiger partial charge is 0.229 e. The summed E-state index contributed by atoms with van der Waals surface area (Å²) in [5.74, 6) is -0.0261. The van der Waals surface area contributed by atoms with Crippen molar-refractivity contribution in [3.8, 4) is 28.6 Å². The molecular formula is C26H25N5O. The molecule has 6 heteroatoms. The lowest BCUT2D eigenvalue weighted by Crippen LogP contribution is -2.28. The minimum absolute atomic E-state index is 0.0261. The first-order chi connectivity index (χ1) is 15.3. The molecule has 0 aliphatic rings. The Labute approximate surface area is 187 Å². The maximum atomic E-state index is 12.6. The van der Waals surface area contributed by atoms with Crippen LogP contribution < -0.4 is 5.32 Å². The molecule has 0 aliphatic heterocycles. The van der Waals surface area contributed by atoms with E-state index < -0.39 is 5.41 Å². The van der Waals surface area contributed by atoms with Crippen molar-refractivity contribution in [3.05, 3.63) is 71.9 Å². The molecule has 0 atom stereocenters. The number of carbonyl (C=O) groups is 1. The second kappa shape index (κ2) is 8.27. The SMILES string of the molecule is CCc1ccc(-c2cn3nc(-c4ccccc4C#N)ccc3n2)cc1NC(=O)C(C)(C)C. The Morgan fingerprint density at radius 3 is 2.59 bits per heavy atom. The molecule has 2 heterocycles. The zero-order chi connectivity index (χ0) is 22.9. The third-order valence-corrected chi connectivity index (χ3v) is 5.36. The van der Waals surface area contributed by atoms with Crippen LogP contribution in [0.15, 0.2) is 60.8 Å². The van der Waals surface area contributed by atoms with Gasteiger partial charge in [0.1, 0.15) is 0 Å². The fourth-order valence-corrected chi connectivity index (χ4v) is 3.44. The Balaban J connectivity index is 1.73. The number of hydrogen-bond donors (Lipinski definition) is 1. The van der Waals surface area contributed by atoms with Gasteiger partial charge in [-0.25, -0.2) is 9.50 Å². The molecule has 160 valence electrons. The van der Waals surface area contributed by atoms with Crippen molar-refractivity contribution in [1.29, 1.82) is 5.26 Å². The maximum absolute atomic E-state index is 12.6. The summed E-state index contributed by atoms with van der Waals surface area (Å²) in [4.78, 5) is 17.3. The lowest BCUT2D eigenvalue weighted by Gasteiger charge is -2.19. The lowest BCUT2D eigenvalue weighted by molar-refractivity contribution is -0.123. The monoisotopic (exact) mass is 423 g/mol. The van der Waals surface area contributed by atoms with Gasteiger partial charge in [-0.3, -0.25) is 4.79 Å². The zero-order valence-electron chi connectivity index (χ0n) is 18.7. The van der Waals surface area contributed by atoms with E-state index in [9.17, 15) is 10.1 Å². The number of nitrogens with zero attached hydrogens (tertiary/aromatic N) is 4. The van der Waals surface area contributed by atoms with E-state index in [1.807, 2.05) is 75.5 Å². The fraction of sp³-hybridized carbons (Fsp3) is 0.231. The number of hydrogen-bond acceptors (Lipinski definition) is 4. The number of imidazole rings is 1. The van der Waals surface area contributed by atoms with Crippen LogP contribution in [0.25, 0.3) is 28.2 Å². The molecule has 0 fully saturated rings. The predicted molar refractivity (Wildman–Crippen MR) is 126 cm³/mol. The van der Waals surface area contributed by atoms with Crippen LogP contribution in [-0.2, 0) is 11.2 Å². The van der Waals surface area contributed by atoms with E-state index in [-0.39, 0.29) is 5.91 Å². The molecule has 1 N–H and O–H groups in total. The first-order valence-electron chi connectivity index (χ1n) is 10.6. The molecule has 0 saturated heterocycles. The van der Waals surface area contributed by atoms with Crippen LogP contribution in [0.1, 0.15) is 38.8 Å². The number of amides is 1. The second-order valence-corrected chi connectivity index (χ2v) is 8.73. The molecule has 1 amide bonds. The average molecular weight is 424 g/mol. The fourth-order valence-electron chi connectivity index (χ4n) is 3.44. The molecule has 0 bridgehead atoms. The number of carbonyl (C=O) groups excluding carboxylic acids is 1. The first-order valence-corrected chi connectivity index (χ1v) is 10.6. The molecular weight excluding hydrogens is 398 g/mol. The molecule has 6 nitrogen and oxygen atoms in total. The van der Waals surface area contributed by atoms with Gasteiger partial charge in [0, 0.05) is 22.2 Å². The van der Waals surface area contributed by atoms with Crippen LogP contribution in [0, 0.1) is 16.7 Å². The summed E-state index contributed by atoms with van der Waals surface area (Å²) in [6.45, 7) is 7.76. The van der Waals surface area contributed by atoms with Gasteiger partial charge in [-0.05, 0) is 36.2 Å². The van der Waals surface area contributed by atoms with Gasteiger partial charge in [0.15, 0.2) is 5.65 Å². The van der Waals surface area contributed by atoms with Crippen LogP contribution in [0.2, 0.25) is 0 Å². The van der Waals surface area contributed by atoms with Crippen molar-refractivity contribution in [2.45, 2.75) is 34.1 Å². The van der Waals surface area contributed by atoms with Gasteiger partial charge in [-0.1, -0.05) is 58.0 Å². The Kier molecular flexibility index (Phi) is 5.50. The van der Waals surface area contributed by atoms with E-state index in [2.05, 4.69) is 23.4 Å². The molecule has 0 aliphatic carbocycles. The van der Waals surface area contributed by atoms with Gasteiger partial charge < -0.3 is 5.32 Å². The Bertz CT molecular complexity index is 1350. The standard InChI is InChI=1S/C26H25N5O/c1-5-17-10-11-18(14-22(17)29-25(32)26(2,3)4)23-16-31-24(28-23)13-12-21(30-31)20-9-7-6-8-19(20)15-27/h6-14,16H,5H2,1-4H3,(H,29,32). The van der Waals surface area contributed by atoms with Crippen molar-refractivity contribution in [3.63, 3.8) is 0 Å². The zero-order valence-corrected chi connectivity index (χ0v) is 18.7. The summed E-state index contributed by atoms with van der Waals surface area (Å²) < 4.78 is 1.72. The number of aromatic nitrogens is 3. The number of fused-ring (bicyclic) bond motifs is 1. The van der Waals surface area contributed by atoms with Crippen LogP contribution in [0.4, 0.5) is 5.69 Å². The molecule has 0 saturated carbocycles. The lowest BCUT2D eigenvalue weighted by atomic mass is 9.95. The van der Waals surface area contributed by atoms with Gasteiger partial charge in [-0.15, -0.1) is 0 Å². The summed E-state index contributed by atoms with van der Waals surface area (Å²) in [6, 6.07) is 19.4. The minimum atomic E-state index is -0.482. The van der Waals surface area contributed by atoms with Gasteiger partial charge in [0.05, 0.1) is 29.2 Å². The average Bonchev–Trinajstić information content (AvgIpc) is 3.21. The number of aryl methyl sites for hydroxylation is 1. The predicted octanol–water partition coefficient (Wildman–Crippen LogP) is 5.48. The van der Waals surface area contributed by atoms with E-state index in [1.54, 1.807) is 10.6 Å². The second-order valence-electron chi connectivity index (χ2n) is 8.73. The number of anilines is 1. The van der Waals surface area contributed by atoms with Crippen molar-refractivity contribution >= 4 is 17.2 Å². The maximum Gasteiger partial charge on any atom is 0.229 e. The highest BCUT2D eigenvalue weighted by molar-refractivity contribution is 5.95. The third kappa shape index (κ3) is 4.10. The van der Waals surface area contributed by atoms with Crippen molar-refractivity contribution < 1.29 is 4.79 Å². The van der Waals surface area contributed by atoms with E-state index in [0.717, 1.165) is 34.5 Å². The molecule has 2 aromatic carbocycles. The minimum Gasteiger partial charge on any atom is -0.325 e. The highest BCUT2D eigenvalue weighted by atomic mass is 16.2. The molecule has 2 aromatic heterocycles. The van der Waals surface area contributed by atoms with E-state index in [0.29, 0.717) is 16.9 Å². The quantitative estimate of drug-likeness (QED) is 0.471. The van der Waals surface area contributed by atoms with Crippen molar-refractivity contribution in [2.75, 3.05) is 5.32 Å². The molecule has 4 aromatic rings. The topological polar surface area (TPSA) is 83.1 Å². The Morgan fingerprint density at radius 1 is 1.09 bits per heavy atom. The molecule has 0 radical (unpaired) electrons. The van der Waals surface area contributed by atoms with E-state index in [4.69, 9.17) is 4.98 Å². The van der Waals surface area contributed by atoms with Crippen molar-refractivity contribution in [1.82, 2.24) is 14.6 Å². The summed E-state index contributed by atoms with van der Waals surface area (Å²) in [6.07, 6.45) is 2.68. The van der Waals surface area contributed by atoms with Crippen molar-refractivity contribution in [2.24, 2.45) is 5.41 Å². The number of nitrogens with one attached hydrogen (secondary N) is 1. The van der Waals surface area contributed by atoms with Gasteiger partial charge in [-0.2, -0.15) is 10.4 Å². The molecule has 4 rings (SSSR count). The van der Waals surface area contributed by atoms with Crippen LogP contribution >= 0.6 is 0 Å².